The smallest absolute Gasteiger partial charge is 0.255 e. The molecule has 2 fully saturated rings. The lowest BCUT2D eigenvalue weighted by Crippen LogP contribution is -2.42. The third-order valence-corrected chi connectivity index (χ3v) is 4.77. The molecule has 4 atom stereocenters. The molecular weight excluding hydrogens is 282 g/mol. The SMILES string of the molecule is NC(=O)COc1cccc(NC(=O)C2C3CCC(C3)C2N)c1. The Hall–Kier alpha value is -2.08. The number of amides is 2. The lowest BCUT2D eigenvalue weighted by Gasteiger charge is -2.27. The van der Waals surface area contributed by atoms with Gasteiger partial charge in [0.1, 0.15) is 5.75 Å². The first kappa shape index (κ1) is 14.8. The van der Waals surface area contributed by atoms with Gasteiger partial charge in [-0.2, -0.15) is 0 Å². The molecule has 1 aromatic rings. The van der Waals surface area contributed by atoms with Gasteiger partial charge in [0.05, 0.1) is 5.92 Å². The second kappa shape index (κ2) is 5.96. The summed E-state index contributed by atoms with van der Waals surface area (Å²) >= 11 is 0. The van der Waals surface area contributed by atoms with Crippen LogP contribution in [0.2, 0.25) is 0 Å². The predicted octanol–water partition coefficient (Wildman–Crippen LogP) is 0.863. The summed E-state index contributed by atoms with van der Waals surface area (Å²) in [5, 5.41) is 2.91. The van der Waals surface area contributed by atoms with Gasteiger partial charge in [-0.05, 0) is 43.2 Å². The fourth-order valence-corrected chi connectivity index (χ4v) is 3.77. The van der Waals surface area contributed by atoms with Gasteiger partial charge in [0, 0.05) is 17.8 Å². The molecule has 2 bridgehead atoms. The maximum absolute atomic E-state index is 12.5. The number of nitrogens with one attached hydrogen (secondary N) is 1. The van der Waals surface area contributed by atoms with Crippen LogP contribution in [0.1, 0.15) is 19.3 Å². The quantitative estimate of drug-likeness (QED) is 0.750. The number of carbonyl (C=O) groups excluding carboxylic acids is 2. The van der Waals surface area contributed by atoms with Gasteiger partial charge in [-0.3, -0.25) is 9.59 Å². The van der Waals surface area contributed by atoms with Crippen molar-refractivity contribution in [1.82, 2.24) is 0 Å². The summed E-state index contributed by atoms with van der Waals surface area (Å²) < 4.78 is 5.24. The van der Waals surface area contributed by atoms with Crippen LogP contribution in [-0.2, 0) is 9.59 Å². The van der Waals surface area contributed by atoms with E-state index in [1.165, 1.54) is 0 Å². The number of hydrogen-bond donors (Lipinski definition) is 3. The molecule has 0 aliphatic heterocycles. The van der Waals surface area contributed by atoms with Gasteiger partial charge < -0.3 is 21.5 Å². The Morgan fingerprint density at radius 1 is 1.27 bits per heavy atom. The fraction of sp³-hybridized carbons (Fsp3) is 0.500. The van der Waals surface area contributed by atoms with Gasteiger partial charge in [0.25, 0.3) is 5.91 Å². The van der Waals surface area contributed by atoms with E-state index in [1.807, 2.05) is 0 Å². The topological polar surface area (TPSA) is 107 Å². The first-order valence-corrected chi connectivity index (χ1v) is 7.62. The van der Waals surface area contributed by atoms with E-state index in [0.29, 0.717) is 23.3 Å². The minimum absolute atomic E-state index is 0.0215. The van der Waals surface area contributed by atoms with Crippen molar-refractivity contribution in [3.05, 3.63) is 24.3 Å². The first-order valence-electron chi connectivity index (χ1n) is 7.62. The zero-order valence-electron chi connectivity index (χ0n) is 12.3. The first-order chi connectivity index (χ1) is 10.5. The van der Waals surface area contributed by atoms with Crippen LogP contribution in [0.3, 0.4) is 0 Å². The van der Waals surface area contributed by atoms with Crippen molar-refractivity contribution < 1.29 is 14.3 Å². The largest absolute Gasteiger partial charge is 0.484 e. The molecular formula is C16H21N3O3. The zero-order valence-corrected chi connectivity index (χ0v) is 12.3. The van der Waals surface area contributed by atoms with E-state index in [2.05, 4.69) is 5.32 Å². The standard InChI is InChI=1S/C16H21N3O3/c17-13(20)8-22-12-3-1-2-11(7-12)19-16(21)14-9-4-5-10(6-9)15(14)18/h1-3,7,9-10,14-15H,4-6,8,18H2,(H2,17,20)(H,19,21). The molecule has 2 aliphatic rings. The maximum Gasteiger partial charge on any atom is 0.255 e. The molecule has 118 valence electrons. The molecule has 3 rings (SSSR count). The maximum atomic E-state index is 12.5. The summed E-state index contributed by atoms with van der Waals surface area (Å²) in [5.41, 5.74) is 11.9. The monoisotopic (exact) mass is 303 g/mol. The highest BCUT2D eigenvalue weighted by Gasteiger charge is 2.49. The van der Waals surface area contributed by atoms with E-state index >= 15 is 0 Å². The van der Waals surface area contributed by atoms with Gasteiger partial charge in [-0.25, -0.2) is 0 Å². The number of fused-ring (bicyclic) bond motifs is 2. The third-order valence-electron chi connectivity index (χ3n) is 4.77. The lowest BCUT2D eigenvalue weighted by molar-refractivity contribution is -0.122. The van der Waals surface area contributed by atoms with Crippen molar-refractivity contribution in [3.8, 4) is 5.75 Å². The van der Waals surface area contributed by atoms with Gasteiger partial charge in [-0.15, -0.1) is 0 Å². The summed E-state index contributed by atoms with van der Waals surface area (Å²) in [5.74, 6) is 0.734. The van der Waals surface area contributed by atoms with E-state index in [4.69, 9.17) is 16.2 Å². The molecule has 0 saturated heterocycles. The highest BCUT2D eigenvalue weighted by Crippen LogP contribution is 2.47. The van der Waals surface area contributed by atoms with Crippen molar-refractivity contribution in [1.29, 1.82) is 0 Å². The van der Waals surface area contributed by atoms with Crippen LogP contribution in [0.5, 0.6) is 5.75 Å². The molecule has 1 aromatic carbocycles. The molecule has 4 unspecified atom stereocenters. The lowest BCUT2D eigenvalue weighted by atomic mass is 9.84. The average Bonchev–Trinajstić information content (AvgIpc) is 3.06. The van der Waals surface area contributed by atoms with Gasteiger partial charge >= 0.3 is 0 Å². The summed E-state index contributed by atoms with van der Waals surface area (Å²) in [6.45, 7) is -0.186. The number of ether oxygens (including phenoxy) is 1. The molecule has 2 saturated carbocycles. The number of benzene rings is 1. The minimum atomic E-state index is -0.539. The van der Waals surface area contributed by atoms with E-state index in [0.717, 1.165) is 19.3 Å². The number of hydrogen-bond acceptors (Lipinski definition) is 4. The van der Waals surface area contributed by atoms with Gasteiger partial charge in [0.2, 0.25) is 5.91 Å². The van der Waals surface area contributed by atoms with Crippen molar-refractivity contribution in [2.45, 2.75) is 25.3 Å². The third kappa shape index (κ3) is 2.92. The van der Waals surface area contributed by atoms with Crippen molar-refractivity contribution in [2.24, 2.45) is 29.2 Å². The fourth-order valence-electron chi connectivity index (χ4n) is 3.77. The Morgan fingerprint density at radius 3 is 2.73 bits per heavy atom. The Morgan fingerprint density at radius 2 is 2.05 bits per heavy atom. The van der Waals surface area contributed by atoms with Crippen LogP contribution in [0.15, 0.2) is 24.3 Å². The Bertz CT molecular complexity index is 588. The second-order valence-corrected chi connectivity index (χ2v) is 6.21. The molecule has 2 amide bonds. The van der Waals surface area contributed by atoms with E-state index in [9.17, 15) is 9.59 Å². The molecule has 5 N–H and O–H groups in total. The van der Waals surface area contributed by atoms with Gasteiger partial charge in [-0.1, -0.05) is 6.07 Å². The number of anilines is 1. The summed E-state index contributed by atoms with van der Waals surface area (Å²) in [6, 6.07) is 6.90. The molecule has 0 heterocycles. The Kier molecular flexibility index (Phi) is 4.02. The molecule has 0 aromatic heterocycles. The van der Waals surface area contributed by atoms with Crippen LogP contribution in [-0.4, -0.2) is 24.5 Å². The summed E-state index contributed by atoms with van der Waals surface area (Å²) in [4.78, 5) is 23.2. The molecule has 6 nitrogen and oxygen atoms in total. The minimum Gasteiger partial charge on any atom is -0.484 e. The van der Waals surface area contributed by atoms with Crippen LogP contribution in [0.4, 0.5) is 5.69 Å². The highest BCUT2D eigenvalue weighted by molar-refractivity contribution is 5.93. The summed E-state index contributed by atoms with van der Waals surface area (Å²) in [7, 11) is 0. The average molecular weight is 303 g/mol. The van der Waals surface area contributed by atoms with Crippen LogP contribution in [0.25, 0.3) is 0 Å². The Labute approximate surface area is 129 Å². The number of nitrogens with two attached hydrogens (primary N) is 2. The van der Waals surface area contributed by atoms with Crippen LogP contribution in [0, 0.1) is 17.8 Å². The van der Waals surface area contributed by atoms with Crippen molar-refractivity contribution in [3.63, 3.8) is 0 Å². The molecule has 0 radical (unpaired) electrons. The zero-order chi connectivity index (χ0) is 15.7. The number of rotatable bonds is 5. The molecule has 0 spiro atoms. The van der Waals surface area contributed by atoms with E-state index in [-0.39, 0.29) is 24.5 Å². The molecule has 2 aliphatic carbocycles. The van der Waals surface area contributed by atoms with Crippen LogP contribution < -0.4 is 21.5 Å². The van der Waals surface area contributed by atoms with E-state index < -0.39 is 5.91 Å². The molecule has 22 heavy (non-hydrogen) atoms. The van der Waals surface area contributed by atoms with Gasteiger partial charge in [0.15, 0.2) is 6.61 Å². The molecule has 6 heteroatoms. The second-order valence-electron chi connectivity index (χ2n) is 6.21. The van der Waals surface area contributed by atoms with Crippen molar-refractivity contribution in [2.75, 3.05) is 11.9 Å². The number of carbonyl (C=O) groups is 2. The predicted molar refractivity (Wildman–Crippen MR) is 82.1 cm³/mol. The Balaban J connectivity index is 1.64. The van der Waals surface area contributed by atoms with Crippen LogP contribution >= 0.6 is 0 Å². The highest BCUT2D eigenvalue weighted by atomic mass is 16.5. The van der Waals surface area contributed by atoms with E-state index in [1.54, 1.807) is 24.3 Å². The number of primary amides is 1. The summed E-state index contributed by atoms with van der Waals surface area (Å²) in [6.07, 6.45) is 3.31. The van der Waals surface area contributed by atoms with Crippen molar-refractivity contribution >= 4 is 17.5 Å². The normalized spacial score (nSPS) is 29.3.